The monoisotopic (exact) mass is 268 g/mol. The minimum Gasteiger partial charge on any atom is -0.351 e. The summed E-state index contributed by atoms with van der Waals surface area (Å²) in [7, 11) is 0. The molecule has 2 unspecified atom stereocenters. The number of rotatable bonds is 4. The average Bonchev–Trinajstić information content (AvgIpc) is 2.89. The topological polar surface area (TPSA) is 87.5 Å². The Labute approximate surface area is 114 Å². The van der Waals surface area contributed by atoms with Crippen LogP contribution in [-0.2, 0) is 4.79 Å². The lowest BCUT2D eigenvalue weighted by atomic mass is 9.94. The first-order chi connectivity index (χ1) is 9.16. The molecule has 0 aromatic carbocycles. The Balaban J connectivity index is 1.81. The molecule has 2 fully saturated rings. The van der Waals surface area contributed by atoms with Gasteiger partial charge < -0.3 is 11.1 Å². The molecular weight excluding hydrogens is 244 g/mol. The van der Waals surface area contributed by atoms with Crippen molar-refractivity contribution in [1.82, 2.24) is 15.5 Å². The van der Waals surface area contributed by atoms with Crippen molar-refractivity contribution in [2.45, 2.75) is 50.6 Å². The molecule has 2 saturated heterocycles. The van der Waals surface area contributed by atoms with E-state index in [0.717, 1.165) is 13.1 Å². The molecule has 0 saturated carbocycles. The fourth-order valence-corrected chi connectivity index (χ4v) is 3.24. The highest BCUT2D eigenvalue weighted by Gasteiger charge is 2.31. The average molecular weight is 268 g/mol. The van der Waals surface area contributed by atoms with Gasteiger partial charge in [-0.1, -0.05) is 6.42 Å². The minimum atomic E-state index is -0.766. The zero-order chi connectivity index (χ0) is 13.7. The lowest BCUT2D eigenvalue weighted by Gasteiger charge is -2.39. The van der Waals surface area contributed by atoms with Crippen LogP contribution in [-0.4, -0.2) is 48.6 Å². The number of hydrogen-bond donors (Lipinski definition) is 3. The van der Waals surface area contributed by atoms with Crippen molar-refractivity contribution in [3.63, 3.8) is 0 Å². The Kier molecular flexibility index (Phi) is 5.15. The predicted octanol–water partition coefficient (Wildman–Crippen LogP) is 0.178. The van der Waals surface area contributed by atoms with Crippen LogP contribution in [0.4, 0.5) is 4.79 Å². The van der Waals surface area contributed by atoms with Crippen molar-refractivity contribution in [3.05, 3.63) is 0 Å². The van der Waals surface area contributed by atoms with Gasteiger partial charge in [-0.25, -0.2) is 4.79 Å². The molecule has 0 aromatic rings. The predicted molar refractivity (Wildman–Crippen MR) is 72.6 cm³/mol. The number of amides is 3. The van der Waals surface area contributed by atoms with Crippen LogP contribution in [0.3, 0.4) is 0 Å². The van der Waals surface area contributed by atoms with Gasteiger partial charge in [-0.05, 0) is 38.8 Å². The summed E-state index contributed by atoms with van der Waals surface area (Å²) in [5.41, 5.74) is 4.93. The Morgan fingerprint density at radius 2 is 2.11 bits per heavy atom. The second-order valence-corrected chi connectivity index (χ2v) is 5.46. The number of urea groups is 1. The van der Waals surface area contributed by atoms with Crippen LogP contribution in [0.1, 0.15) is 38.5 Å². The van der Waals surface area contributed by atoms with Crippen molar-refractivity contribution in [1.29, 1.82) is 0 Å². The van der Waals surface area contributed by atoms with Crippen LogP contribution in [0.2, 0.25) is 0 Å². The first-order valence-corrected chi connectivity index (χ1v) is 7.23. The number of primary amides is 1. The summed E-state index contributed by atoms with van der Waals surface area (Å²) in [4.78, 5) is 24.5. The Morgan fingerprint density at radius 1 is 1.26 bits per heavy atom. The summed E-state index contributed by atoms with van der Waals surface area (Å²) in [6.07, 6.45) is 6.49. The van der Waals surface area contributed by atoms with Crippen LogP contribution < -0.4 is 16.4 Å². The lowest BCUT2D eigenvalue weighted by molar-refractivity contribution is -0.120. The molecule has 0 aliphatic carbocycles. The Morgan fingerprint density at radius 3 is 2.79 bits per heavy atom. The van der Waals surface area contributed by atoms with Gasteiger partial charge in [-0.3, -0.25) is 15.0 Å². The summed E-state index contributed by atoms with van der Waals surface area (Å²) < 4.78 is 0. The third-order valence-corrected chi connectivity index (χ3v) is 4.12. The van der Waals surface area contributed by atoms with E-state index in [-0.39, 0.29) is 5.91 Å². The number of carbonyl (C=O) groups is 2. The van der Waals surface area contributed by atoms with Crippen molar-refractivity contribution in [2.75, 3.05) is 19.6 Å². The number of nitrogens with one attached hydrogen (secondary N) is 2. The Bertz CT molecular complexity index is 329. The van der Waals surface area contributed by atoms with E-state index in [1.165, 1.54) is 32.1 Å². The molecule has 0 radical (unpaired) electrons. The summed E-state index contributed by atoms with van der Waals surface area (Å²) in [5.74, 6) is -0.281. The van der Waals surface area contributed by atoms with Gasteiger partial charge in [0.15, 0.2) is 0 Å². The van der Waals surface area contributed by atoms with E-state index in [0.29, 0.717) is 25.0 Å². The van der Waals surface area contributed by atoms with Gasteiger partial charge >= 0.3 is 6.03 Å². The van der Waals surface area contributed by atoms with E-state index in [9.17, 15) is 9.59 Å². The summed E-state index contributed by atoms with van der Waals surface area (Å²) in [5, 5.41) is 5.68. The zero-order valence-corrected chi connectivity index (χ0v) is 11.4. The van der Waals surface area contributed by atoms with Crippen LogP contribution in [0, 0.1) is 0 Å². The van der Waals surface area contributed by atoms with Crippen molar-refractivity contribution < 1.29 is 9.59 Å². The van der Waals surface area contributed by atoms with Crippen molar-refractivity contribution in [3.8, 4) is 0 Å². The smallest absolute Gasteiger partial charge is 0.318 e. The highest BCUT2D eigenvalue weighted by Crippen LogP contribution is 2.24. The van der Waals surface area contributed by atoms with Crippen molar-refractivity contribution in [2.24, 2.45) is 5.73 Å². The van der Waals surface area contributed by atoms with Crippen LogP contribution in [0.15, 0.2) is 0 Å². The fraction of sp³-hybridized carbons (Fsp3) is 0.846. The van der Waals surface area contributed by atoms with Crippen LogP contribution in [0.5, 0.6) is 0 Å². The SMILES string of the molecule is NC(=O)NC(=O)CCN1CCCCC1C1CCCN1. The molecule has 2 heterocycles. The molecule has 0 bridgehead atoms. The first-order valence-electron chi connectivity index (χ1n) is 7.23. The normalized spacial score (nSPS) is 28.2. The zero-order valence-electron chi connectivity index (χ0n) is 11.4. The summed E-state index contributed by atoms with van der Waals surface area (Å²) >= 11 is 0. The molecule has 2 aliphatic heterocycles. The van der Waals surface area contributed by atoms with E-state index < -0.39 is 6.03 Å². The van der Waals surface area contributed by atoms with Gasteiger partial charge in [0.2, 0.25) is 5.91 Å². The molecule has 3 amide bonds. The largest absolute Gasteiger partial charge is 0.351 e. The standard InChI is InChI=1S/C13H24N4O2/c14-13(19)16-12(18)6-9-17-8-2-1-5-11(17)10-4-3-7-15-10/h10-11,15H,1-9H2,(H3,14,16,18,19). The van der Waals surface area contributed by atoms with E-state index in [4.69, 9.17) is 5.73 Å². The maximum atomic E-state index is 11.5. The first kappa shape index (κ1) is 14.3. The molecular formula is C13H24N4O2. The molecule has 0 spiro atoms. The number of nitrogens with two attached hydrogens (primary N) is 1. The number of piperidine rings is 1. The number of hydrogen-bond acceptors (Lipinski definition) is 4. The molecule has 4 N–H and O–H groups in total. The second kappa shape index (κ2) is 6.86. The van der Waals surface area contributed by atoms with E-state index in [1.807, 2.05) is 0 Å². The molecule has 19 heavy (non-hydrogen) atoms. The van der Waals surface area contributed by atoms with Gasteiger partial charge in [0.25, 0.3) is 0 Å². The number of nitrogens with zero attached hydrogens (tertiary/aromatic N) is 1. The second-order valence-electron chi connectivity index (χ2n) is 5.46. The lowest BCUT2D eigenvalue weighted by Crippen LogP contribution is -2.51. The maximum Gasteiger partial charge on any atom is 0.318 e. The molecule has 2 rings (SSSR count). The third kappa shape index (κ3) is 4.18. The Hall–Kier alpha value is -1.14. The van der Waals surface area contributed by atoms with Gasteiger partial charge in [-0.15, -0.1) is 0 Å². The van der Waals surface area contributed by atoms with E-state index in [2.05, 4.69) is 15.5 Å². The quantitative estimate of drug-likeness (QED) is 0.678. The third-order valence-electron chi connectivity index (χ3n) is 4.12. The minimum absolute atomic E-state index is 0.281. The summed E-state index contributed by atoms with van der Waals surface area (Å²) in [6, 6.07) is 0.342. The molecule has 2 aliphatic rings. The summed E-state index contributed by atoms with van der Waals surface area (Å²) in [6.45, 7) is 2.87. The maximum absolute atomic E-state index is 11.5. The molecule has 0 aromatic heterocycles. The van der Waals surface area contributed by atoms with E-state index in [1.54, 1.807) is 0 Å². The highest BCUT2D eigenvalue weighted by atomic mass is 16.2. The highest BCUT2D eigenvalue weighted by molar-refractivity contribution is 5.93. The number of carbonyl (C=O) groups excluding carboxylic acids is 2. The van der Waals surface area contributed by atoms with Crippen molar-refractivity contribution >= 4 is 11.9 Å². The molecule has 108 valence electrons. The molecule has 6 heteroatoms. The van der Waals surface area contributed by atoms with E-state index >= 15 is 0 Å². The number of likely N-dealkylation sites (tertiary alicyclic amines) is 1. The molecule has 2 atom stereocenters. The van der Waals surface area contributed by atoms with Crippen LogP contribution in [0.25, 0.3) is 0 Å². The molecule has 6 nitrogen and oxygen atoms in total. The van der Waals surface area contributed by atoms with Gasteiger partial charge in [-0.2, -0.15) is 0 Å². The van der Waals surface area contributed by atoms with Gasteiger partial charge in [0.1, 0.15) is 0 Å². The van der Waals surface area contributed by atoms with Crippen LogP contribution >= 0.6 is 0 Å². The fourth-order valence-electron chi connectivity index (χ4n) is 3.24. The van der Waals surface area contributed by atoms with Gasteiger partial charge in [0.05, 0.1) is 0 Å². The van der Waals surface area contributed by atoms with Gasteiger partial charge in [0, 0.05) is 25.0 Å². The number of imide groups is 1.